The molecule has 0 spiro atoms. The number of aryl methyl sites for hydroxylation is 1. The van der Waals surface area contributed by atoms with E-state index in [0.29, 0.717) is 6.04 Å². The molecule has 2 rings (SSSR count). The minimum absolute atomic E-state index is 0.353. The van der Waals surface area contributed by atoms with Gasteiger partial charge in [0.15, 0.2) is 0 Å². The summed E-state index contributed by atoms with van der Waals surface area (Å²) in [6.45, 7) is 6.28. The van der Waals surface area contributed by atoms with Crippen LogP contribution in [0.2, 0.25) is 0 Å². The van der Waals surface area contributed by atoms with Gasteiger partial charge in [-0.25, -0.2) is 0 Å². The number of anilines is 1. The van der Waals surface area contributed by atoms with Gasteiger partial charge in [-0.1, -0.05) is 49.4 Å². The van der Waals surface area contributed by atoms with Gasteiger partial charge in [0, 0.05) is 19.3 Å². The van der Waals surface area contributed by atoms with E-state index in [1.54, 1.807) is 0 Å². The zero-order valence-corrected chi connectivity index (χ0v) is 12.6. The maximum absolute atomic E-state index is 3.60. The van der Waals surface area contributed by atoms with Crippen molar-refractivity contribution in [2.24, 2.45) is 0 Å². The van der Waals surface area contributed by atoms with Gasteiger partial charge in [0.25, 0.3) is 0 Å². The molecule has 2 heteroatoms. The molecule has 0 aromatic heterocycles. The van der Waals surface area contributed by atoms with Gasteiger partial charge in [0.2, 0.25) is 0 Å². The monoisotopic (exact) mass is 268 g/mol. The molecule has 2 nitrogen and oxygen atoms in total. The predicted octanol–water partition coefficient (Wildman–Crippen LogP) is 3.78. The topological polar surface area (TPSA) is 15.3 Å². The highest BCUT2D eigenvalue weighted by Crippen LogP contribution is 2.21. The molecule has 106 valence electrons. The molecule has 0 saturated heterocycles. The summed E-state index contributed by atoms with van der Waals surface area (Å²) in [6.07, 6.45) is 0. The Labute approximate surface area is 122 Å². The molecule has 0 aliphatic rings. The second kappa shape index (κ2) is 7.11. The Morgan fingerprint density at radius 3 is 2.30 bits per heavy atom. The standard InChI is InChI=1S/C18H24N2/c1-4-19-18(17-13-9-8-10-15(17)2)14-20(3)16-11-6-5-7-12-16/h5-13,18-19H,4,14H2,1-3H3. The quantitative estimate of drug-likeness (QED) is 0.857. The summed E-state index contributed by atoms with van der Waals surface area (Å²) in [7, 11) is 2.15. The van der Waals surface area contributed by atoms with Crippen molar-refractivity contribution in [2.45, 2.75) is 19.9 Å². The summed E-state index contributed by atoms with van der Waals surface area (Å²) in [6, 6.07) is 19.5. The van der Waals surface area contributed by atoms with E-state index < -0.39 is 0 Å². The molecule has 20 heavy (non-hydrogen) atoms. The average Bonchev–Trinajstić information content (AvgIpc) is 2.48. The zero-order valence-electron chi connectivity index (χ0n) is 12.6. The van der Waals surface area contributed by atoms with E-state index in [0.717, 1.165) is 13.1 Å². The highest BCUT2D eigenvalue weighted by atomic mass is 15.1. The molecule has 0 aliphatic carbocycles. The van der Waals surface area contributed by atoms with Crippen molar-refractivity contribution >= 4 is 5.69 Å². The van der Waals surface area contributed by atoms with Crippen LogP contribution in [0.1, 0.15) is 24.1 Å². The van der Waals surface area contributed by atoms with Crippen LogP contribution in [-0.4, -0.2) is 20.1 Å². The van der Waals surface area contributed by atoms with Crippen molar-refractivity contribution in [1.29, 1.82) is 0 Å². The lowest BCUT2D eigenvalue weighted by Crippen LogP contribution is -2.33. The number of hydrogen-bond acceptors (Lipinski definition) is 2. The molecule has 1 atom stereocenters. The van der Waals surface area contributed by atoms with E-state index in [1.165, 1.54) is 16.8 Å². The lowest BCUT2D eigenvalue weighted by molar-refractivity contribution is 0.548. The molecule has 0 heterocycles. The number of nitrogens with one attached hydrogen (secondary N) is 1. The third kappa shape index (κ3) is 3.61. The molecule has 0 amide bonds. The number of benzene rings is 2. The van der Waals surface area contributed by atoms with E-state index in [2.05, 4.69) is 85.7 Å². The highest BCUT2D eigenvalue weighted by molar-refractivity contribution is 5.45. The minimum Gasteiger partial charge on any atom is -0.373 e. The van der Waals surface area contributed by atoms with E-state index in [4.69, 9.17) is 0 Å². The van der Waals surface area contributed by atoms with Gasteiger partial charge in [-0.15, -0.1) is 0 Å². The Morgan fingerprint density at radius 1 is 1.00 bits per heavy atom. The average molecular weight is 268 g/mol. The van der Waals surface area contributed by atoms with Gasteiger partial charge in [-0.05, 0) is 36.7 Å². The van der Waals surface area contributed by atoms with Crippen LogP contribution < -0.4 is 10.2 Å². The number of para-hydroxylation sites is 1. The number of rotatable bonds is 6. The van der Waals surface area contributed by atoms with Crippen molar-refractivity contribution < 1.29 is 0 Å². The zero-order chi connectivity index (χ0) is 14.4. The van der Waals surface area contributed by atoms with Crippen LogP contribution >= 0.6 is 0 Å². The van der Waals surface area contributed by atoms with Crippen LogP contribution in [0.25, 0.3) is 0 Å². The second-order valence-corrected chi connectivity index (χ2v) is 5.18. The Hall–Kier alpha value is -1.80. The molecule has 2 aromatic carbocycles. The predicted molar refractivity (Wildman–Crippen MR) is 87.3 cm³/mol. The summed E-state index contributed by atoms with van der Waals surface area (Å²) >= 11 is 0. The third-order valence-electron chi connectivity index (χ3n) is 3.67. The first kappa shape index (κ1) is 14.6. The van der Waals surface area contributed by atoms with Gasteiger partial charge in [0.1, 0.15) is 0 Å². The van der Waals surface area contributed by atoms with Crippen LogP contribution in [0, 0.1) is 6.92 Å². The largest absolute Gasteiger partial charge is 0.373 e. The van der Waals surface area contributed by atoms with E-state index in [1.807, 2.05) is 0 Å². The van der Waals surface area contributed by atoms with E-state index in [9.17, 15) is 0 Å². The molecule has 0 saturated carbocycles. The summed E-state index contributed by atoms with van der Waals surface area (Å²) in [4.78, 5) is 2.31. The smallest absolute Gasteiger partial charge is 0.0500 e. The SMILES string of the molecule is CCNC(CN(C)c1ccccc1)c1ccccc1C. The van der Waals surface area contributed by atoms with Crippen LogP contribution in [0.5, 0.6) is 0 Å². The van der Waals surface area contributed by atoms with Crippen molar-refractivity contribution in [2.75, 3.05) is 25.0 Å². The fourth-order valence-corrected chi connectivity index (χ4v) is 2.56. The molecule has 0 aliphatic heterocycles. The van der Waals surface area contributed by atoms with Crippen LogP contribution in [-0.2, 0) is 0 Å². The van der Waals surface area contributed by atoms with E-state index >= 15 is 0 Å². The van der Waals surface area contributed by atoms with Gasteiger partial charge in [-0.2, -0.15) is 0 Å². The van der Waals surface area contributed by atoms with Crippen LogP contribution in [0.15, 0.2) is 54.6 Å². The van der Waals surface area contributed by atoms with Gasteiger partial charge < -0.3 is 10.2 Å². The van der Waals surface area contributed by atoms with Crippen molar-refractivity contribution in [3.05, 3.63) is 65.7 Å². The fraction of sp³-hybridized carbons (Fsp3) is 0.333. The fourth-order valence-electron chi connectivity index (χ4n) is 2.56. The summed E-state index contributed by atoms with van der Waals surface area (Å²) in [5, 5.41) is 3.60. The molecular formula is C18H24N2. The Bertz CT molecular complexity index is 522. The highest BCUT2D eigenvalue weighted by Gasteiger charge is 2.14. The first-order chi connectivity index (χ1) is 9.72. The Morgan fingerprint density at radius 2 is 1.65 bits per heavy atom. The number of likely N-dealkylation sites (N-methyl/N-ethyl adjacent to an activating group) is 2. The molecule has 1 unspecified atom stereocenters. The third-order valence-corrected chi connectivity index (χ3v) is 3.67. The van der Waals surface area contributed by atoms with E-state index in [-0.39, 0.29) is 0 Å². The van der Waals surface area contributed by atoms with Crippen LogP contribution in [0.3, 0.4) is 0 Å². The van der Waals surface area contributed by atoms with Crippen molar-refractivity contribution in [3.63, 3.8) is 0 Å². The van der Waals surface area contributed by atoms with Gasteiger partial charge in [-0.3, -0.25) is 0 Å². The maximum Gasteiger partial charge on any atom is 0.0500 e. The van der Waals surface area contributed by atoms with Crippen LogP contribution in [0.4, 0.5) is 5.69 Å². The lowest BCUT2D eigenvalue weighted by atomic mass is 10.0. The first-order valence-corrected chi connectivity index (χ1v) is 7.27. The van der Waals surface area contributed by atoms with Gasteiger partial charge >= 0.3 is 0 Å². The van der Waals surface area contributed by atoms with Crippen molar-refractivity contribution in [3.8, 4) is 0 Å². The minimum atomic E-state index is 0.353. The first-order valence-electron chi connectivity index (χ1n) is 7.27. The Balaban J connectivity index is 2.16. The molecule has 0 radical (unpaired) electrons. The second-order valence-electron chi connectivity index (χ2n) is 5.18. The normalized spacial score (nSPS) is 12.2. The summed E-state index contributed by atoms with van der Waals surface area (Å²) < 4.78 is 0. The molecule has 2 aromatic rings. The molecule has 0 fully saturated rings. The number of hydrogen-bond donors (Lipinski definition) is 1. The van der Waals surface area contributed by atoms with Gasteiger partial charge in [0.05, 0.1) is 6.04 Å². The maximum atomic E-state index is 3.60. The summed E-state index contributed by atoms with van der Waals surface area (Å²) in [5.41, 5.74) is 3.99. The molecule has 1 N–H and O–H groups in total. The molecular weight excluding hydrogens is 244 g/mol. The molecule has 0 bridgehead atoms. The Kier molecular flexibility index (Phi) is 5.19. The summed E-state index contributed by atoms with van der Waals surface area (Å²) in [5.74, 6) is 0. The lowest BCUT2D eigenvalue weighted by Gasteiger charge is -2.27. The number of nitrogens with zero attached hydrogens (tertiary/aromatic N) is 1. The van der Waals surface area contributed by atoms with Crippen molar-refractivity contribution in [1.82, 2.24) is 5.32 Å².